The van der Waals surface area contributed by atoms with Crippen molar-refractivity contribution in [2.24, 2.45) is 0 Å². The summed E-state index contributed by atoms with van der Waals surface area (Å²) in [6, 6.07) is 12.1. The lowest BCUT2D eigenvalue weighted by Gasteiger charge is -2.11. The summed E-state index contributed by atoms with van der Waals surface area (Å²) in [5.74, 6) is 0.271. The SMILES string of the molecule is CCOc1ccccc1OCCn1c(=O)oc2cc(C(=O)OC)ccc21. The van der Waals surface area contributed by atoms with Crippen LogP contribution in [0.3, 0.4) is 0 Å². The number of fused-ring (bicyclic) bond motifs is 1. The Labute approximate surface area is 149 Å². The van der Waals surface area contributed by atoms with Crippen LogP contribution in [0.15, 0.2) is 51.7 Å². The molecule has 0 amide bonds. The highest BCUT2D eigenvalue weighted by molar-refractivity contribution is 5.93. The number of ether oxygens (including phenoxy) is 3. The molecule has 3 aromatic rings. The molecule has 0 unspecified atom stereocenters. The van der Waals surface area contributed by atoms with Gasteiger partial charge in [-0.2, -0.15) is 0 Å². The number of methoxy groups -OCH3 is 1. The summed E-state index contributed by atoms with van der Waals surface area (Å²) in [5.41, 5.74) is 1.24. The molecule has 1 aromatic heterocycles. The van der Waals surface area contributed by atoms with E-state index in [9.17, 15) is 9.59 Å². The maximum absolute atomic E-state index is 12.1. The largest absolute Gasteiger partial charge is 0.490 e. The van der Waals surface area contributed by atoms with Crippen molar-refractivity contribution in [2.45, 2.75) is 13.5 Å². The number of carbonyl (C=O) groups is 1. The van der Waals surface area contributed by atoms with Crippen molar-refractivity contribution in [1.82, 2.24) is 4.57 Å². The van der Waals surface area contributed by atoms with Crippen LogP contribution < -0.4 is 15.2 Å². The van der Waals surface area contributed by atoms with Crippen molar-refractivity contribution >= 4 is 17.1 Å². The number of benzene rings is 2. The van der Waals surface area contributed by atoms with Gasteiger partial charge in [0.1, 0.15) is 6.61 Å². The van der Waals surface area contributed by atoms with Crippen molar-refractivity contribution in [3.05, 3.63) is 58.6 Å². The van der Waals surface area contributed by atoms with E-state index in [-0.39, 0.29) is 6.61 Å². The van der Waals surface area contributed by atoms with E-state index >= 15 is 0 Å². The summed E-state index contributed by atoms with van der Waals surface area (Å²) in [5, 5.41) is 0. The number of aromatic nitrogens is 1. The van der Waals surface area contributed by atoms with Crippen LogP contribution >= 0.6 is 0 Å². The molecule has 0 radical (unpaired) electrons. The minimum absolute atomic E-state index is 0.261. The van der Waals surface area contributed by atoms with Gasteiger partial charge in [0.15, 0.2) is 17.1 Å². The van der Waals surface area contributed by atoms with E-state index in [2.05, 4.69) is 4.74 Å². The Morgan fingerprint density at radius 2 is 1.85 bits per heavy atom. The summed E-state index contributed by atoms with van der Waals surface area (Å²) in [6.07, 6.45) is 0. The number of rotatable bonds is 7. The molecule has 0 aliphatic rings. The molecule has 7 heteroatoms. The van der Waals surface area contributed by atoms with Gasteiger partial charge in [-0.1, -0.05) is 12.1 Å². The summed E-state index contributed by atoms with van der Waals surface area (Å²) in [6.45, 7) is 2.99. The molecule has 0 saturated heterocycles. The lowest BCUT2D eigenvalue weighted by molar-refractivity contribution is 0.0600. The molecule has 1 heterocycles. The van der Waals surface area contributed by atoms with Gasteiger partial charge >= 0.3 is 11.7 Å². The molecule has 26 heavy (non-hydrogen) atoms. The van der Waals surface area contributed by atoms with E-state index in [4.69, 9.17) is 13.9 Å². The van der Waals surface area contributed by atoms with Crippen molar-refractivity contribution in [3.8, 4) is 11.5 Å². The molecule has 0 atom stereocenters. The van der Waals surface area contributed by atoms with Crippen LogP contribution in [0.25, 0.3) is 11.1 Å². The highest BCUT2D eigenvalue weighted by Crippen LogP contribution is 2.26. The topological polar surface area (TPSA) is 79.9 Å². The molecule has 0 saturated carbocycles. The van der Waals surface area contributed by atoms with Gasteiger partial charge in [-0.25, -0.2) is 9.59 Å². The summed E-state index contributed by atoms with van der Waals surface area (Å²) >= 11 is 0. The molecule has 7 nitrogen and oxygen atoms in total. The van der Waals surface area contributed by atoms with Gasteiger partial charge in [0, 0.05) is 0 Å². The summed E-state index contributed by atoms with van der Waals surface area (Å²) < 4.78 is 22.6. The van der Waals surface area contributed by atoms with Crippen molar-refractivity contribution in [2.75, 3.05) is 20.3 Å². The number of oxazole rings is 1. The minimum Gasteiger partial charge on any atom is -0.490 e. The Morgan fingerprint density at radius 3 is 2.54 bits per heavy atom. The van der Waals surface area contributed by atoms with E-state index in [0.717, 1.165) is 0 Å². The predicted octanol–water partition coefficient (Wildman–Crippen LogP) is 2.86. The van der Waals surface area contributed by atoms with Gasteiger partial charge in [-0.3, -0.25) is 4.57 Å². The number of nitrogens with zero attached hydrogens (tertiary/aromatic N) is 1. The maximum atomic E-state index is 12.1. The van der Waals surface area contributed by atoms with Gasteiger partial charge < -0.3 is 18.6 Å². The Kier molecular flexibility index (Phi) is 5.26. The number of hydrogen-bond donors (Lipinski definition) is 0. The van der Waals surface area contributed by atoms with Crippen LogP contribution in [-0.2, 0) is 11.3 Å². The van der Waals surface area contributed by atoms with Gasteiger partial charge in [0.05, 0.1) is 31.3 Å². The fourth-order valence-corrected chi connectivity index (χ4v) is 2.61. The fourth-order valence-electron chi connectivity index (χ4n) is 2.61. The third-order valence-electron chi connectivity index (χ3n) is 3.81. The summed E-state index contributed by atoms with van der Waals surface area (Å²) in [7, 11) is 1.30. The first-order valence-electron chi connectivity index (χ1n) is 8.20. The average molecular weight is 357 g/mol. The first-order chi connectivity index (χ1) is 12.6. The van der Waals surface area contributed by atoms with Crippen LogP contribution in [0.4, 0.5) is 0 Å². The molecule has 0 N–H and O–H groups in total. The smallest absolute Gasteiger partial charge is 0.420 e. The zero-order chi connectivity index (χ0) is 18.5. The number of para-hydroxylation sites is 2. The molecule has 3 rings (SSSR count). The second kappa shape index (κ2) is 7.77. The molecule has 0 fully saturated rings. The zero-order valence-corrected chi connectivity index (χ0v) is 14.6. The lowest BCUT2D eigenvalue weighted by atomic mass is 10.2. The van der Waals surface area contributed by atoms with E-state index < -0.39 is 11.7 Å². The van der Waals surface area contributed by atoms with Crippen molar-refractivity contribution in [1.29, 1.82) is 0 Å². The molecule has 0 aliphatic heterocycles. The maximum Gasteiger partial charge on any atom is 0.420 e. The van der Waals surface area contributed by atoms with Crippen molar-refractivity contribution < 1.29 is 23.4 Å². The lowest BCUT2D eigenvalue weighted by Crippen LogP contribution is -2.18. The normalized spacial score (nSPS) is 10.7. The highest BCUT2D eigenvalue weighted by atomic mass is 16.5. The second-order valence-corrected chi connectivity index (χ2v) is 5.42. The molecule has 2 aromatic carbocycles. The monoisotopic (exact) mass is 357 g/mol. The Bertz CT molecular complexity index is 972. The number of esters is 1. The molecule has 0 spiro atoms. The quantitative estimate of drug-likeness (QED) is 0.605. The molecular formula is C19H19NO6. The van der Waals surface area contributed by atoms with Gasteiger partial charge in [0.25, 0.3) is 0 Å². The Balaban J connectivity index is 1.76. The van der Waals surface area contributed by atoms with E-state index in [0.29, 0.717) is 41.3 Å². The third kappa shape index (κ3) is 3.56. The first-order valence-corrected chi connectivity index (χ1v) is 8.20. The van der Waals surface area contributed by atoms with Gasteiger partial charge in [0.2, 0.25) is 0 Å². The summed E-state index contributed by atoms with van der Waals surface area (Å²) in [4.78, 5) is 23.7. The Morgan fingerprint density at radius 1 is 1.12 bits per heavy atom. The van der Waals surface area contributed by atoms with Crippen LogP contribution in [0.1, 0.15) is 17.3 Å². The highest BCUT2D eigenvalue weighted by Gasteiger charge is 2.13. The van der Waals surface area contributed by atoms with Crippen molar-refractivity contribution in [3.63, 3.8) is 0 Å². The van der Waals surface area contributed by atoms with Crippen LogP contribution in [0.5, 0.6) is 11.5 Å². The molecule has 136 valence electrons. The van der Waals surface area contributed by atoms with Crippen LogP contribution in [-0.4, -0.2) is 30.9 Å². The predicted molar refractivity (Wildman–Crippen MR) is 94.9 cm³/mol. The molecule has 0 bridgehead atoms. The number of carbonyl (C=O) groups excluding carboxylic acids is 1. The average Bonchev–Trinajstić information content (AvgIpc) is 2.97. The molecular weight excluding hydrogens is 338 g/mol. The van der Waals surface area contributed by atoms with E-state index in [1.165, 1.54) is 17.7 Å². The Hall–Kier alpha value is -3.22. The second-order valence-electron chi connectivity index (χ2n) is 5.42. The van der Waals surface area contributed by atoms with Gasteiger partial charge in [-0.15, -0.1) is 0 Å². The van der Waals surface area contributed by atoms with Gasteiger partial charge in [-0.05, 0) is 37.3 Å². The van der Waals surface area contributed by atoms with Crippen LogP contribution in [0.2, 0.25) is 0 Å². The fraction of sp³-hybridized carbons (Fsp3) is 0.263. The van der Waals surface area contributed by atoms with E-state index in [1.807, 2.05) is 31.2 Å². The minimum atomic E-state index is -0.510. The zero-order valence-electron chi connectivity index (χ0n) is 14.6. The van der Waals surface area contributed by atoms with E-state index in [1.54, 1.807) is 12.1 Å². The van der Waals surface area contributed by atoms with Crippen LogP contribution in [0, 0.1) is 0 Å². The molecule has 0 aliphatic carbocycles. The first kappa shape index (κ1) is 17.6. The number of hydrogen-bond acceptors (Lipinski definition) is 6. The third-order valence-corrected chi connectivity index (χ3v) is 3.81. The standard InChI is InChI=1S/C19H19NO6/c1-3-24-15-6-4-5-7-16(15)25-11-10-20-14-9-8-13(18(21)23-2)12-17(14)26-19(20)22/h4-9,12H,3,10-11H2,1-2H3.